The molecule has 0 spiro atoms. The topological polar surface area (TPSA) is 133 Å². The average Bonchev–Trinajstić information content (AvgIpc) is 3.10. The number of likely N-dealkylation sites (tertiary alicyclic amines) is 1. The van der Waals surface area contributed by atoms with Crippen LogP contribution < -0.4 is 0 Å². The molecule has 3 rings (SSSR count). The second kappa shape index (κ2) is 8.95. The molecule has 0 radical (unpaired) electrons. The van der Waals surface area contributed by atoms with Crippen molar-refractivity contribution in [3.63, 3.8) is 0 Å². The van der Waals surface area contributed by atoms with E-state index in [1.807, 2.05) is 0 Å². The molecule has 32 heavy (non-hydrogen) atoms. The zero-order chi connectivity index (χ0) is 23.5. The van der Waals surface area contributed by atoms with Crippen molar-refractivity contribution in [2.45, 2.75) is 30.9 Å². The van der Waals surface area contributed by atoms with E-state index in [2.05, 4.69) is 0 Å². The molecule has 1 fully saturated rings. The van der Waals surface area contributed by atoms with Gasteiger partial charge in [0.2, 0.25) is 0 Å². The molecule has 0 bridgehead atoms. The Hall–Kier alpha value is -3.47. The first-order valence-electron chi connectivity index (χ1n) is 9.64. The zero-order valence-corrected chi connectivity index (χ0v) is 18.3. The minimum Gasteiger partial charge on any atom is -0.457 e. The number of carbonyl (C=O) groups is 2. The van der Waals surface area contributed by atoms with E-state index in [9.17, 15) is 28.1 Å². The SMILES string of the molecule is C[C@]1(S(C)(=O)=O)C[C@@H](OC(=O)c2ccccc2)CN1C(=O)OCc1ccc([N+](=O)[O-])cc1. The number of non-ortho nitro benzene ring substituents is 1. The summed E-state index contributed by atoms with van der Waals surface area (Å²) in [5.41, 5.74) is 0.705. The van der Waals surface area contributed by atoms with Crippen LogP contribution in [0.4, 0.5) is 10.5 Å². The van der Waals surface area contributed by atoms with Gasteiger partial charge in [0.15, 0.2) is 9.84 Å². The number of nitrogens with zero attached hydrogens (tertiary/aromatic N) is 2. The van der Waals surface area contributed by atoms with Gasteiger partial charge in [-0.1, -0.05) is 18.2 Å². The highest BCUT2D eigenvalue weighted by atomic mass is 32.2. The maximum absolute atomic E-state index is 12.7. The largest absolute Gasteiger partial charge is 0.457 e. The predicted octanol–water partition coefficient (Wildman–Crippen LogP) is 2.92. The molecule has 2 aromatic rings. The van der Waals surface area contributed by atoms with Gasteiger partial charge in [0.05, 0.1) is 17.0 Å². The van der Waals surface area contributed by atoms with Gasteiger partial charge in [0, 0.05) is 24.8 Å². The Morgan fingerprint density at radius 3 is 2.34 bits per heavy atom. The monoisotopic (exact) mass is 462 g/mol. The molecule has 1 saturated heterocycles. The maximum Gasteiger partial charge on any atom is 0.411 e. The Labute approximate surface area is 184 Å². The van der Waals surface area contributed by atoms with Crippen molar-refractivity contribution in [3.8, 4) is 0 Å². The van der Waals surface area contributed by atoms with Crippen molar-refractivity contribution >= 4 is 27.6 Å². The molecule has 2 aromatic carbocycles. The molecule has 1 aliphatic rings. The number of nitro groups is 1. The lowest BCUT2D eigenvalue weighted by Crippen LogP contribution is -2.50. The third-order valence-electron chi connectivity index (χ3n) is 5.38. The fraction of sp³-hybridized carbons (Fsp3) is 0.333. The molecule has 0 saturated carbocycles. The number of amides is 1. The number of ether oxygens (including phenoxy) is 2. The van der Waals surface area contributed by atoms with Crippen LogP contribution in [0.5, 0.6) is 0 Å². The van der Waals surface area contributed by atoms with E-state index < -0.39 is 37.8 Å². The highest BCUT2D eigenvalue weighted by molar-refractivity contribution is 7.92. The summed E-state index contributed by atoms with van der Waals surface area (Å²) >= 11 is 0. The number of esters is 1. The van der Waals surface area contributed by atoms with Gasteiger partial charge in [-0.05, 0) is 36.8 Å². The standard InChI is InChI=1S/C21H22N2O8S/c1-21(32(2,28)29)12-18(31-19(24)16-6-4-3-5-7-16)13-22(21)20(25)30-14-15-8-10-17(11-9-15)23(26)27/h3-11,18H,12-14H2,1-2H3/t18-,21+/m1/s1. The van der Waals surface area contributed by atoms with Gasteiger partial charge in [-0.15, -0.1) is 0 Å². The fourth-order valence-electron chi connectivity index (χ4n) is 3.42. The van der Waals surface area contributed by atoms with E-state index in [0.717, 1.165) is 11.2 Å². The van der Waals surface area contributed by atoms with Crippen molar-refractivity contribution in [1.29, 1.82) is 0 Å². The van der Waals surface area contributed by atoms with E-state index in [1.54, 1.807) is 30.3 Å². The lowest BCUT2D eigenvalue weighted by Gasteiger charge is -2.31. The molecule has 0 N–H and O–H groups in total. The lowest BCUT2D eigenvalue weighted by atomic mass is 10.2. The van der Waals surface area contributed by atoms with E-state index >= 15 is 0 Å². The smallest absolute Gasteiger partial charge is 0.411 e. The normalized spacial score (nSPS) is 20.6. The van der Waals surface area contributed by atoms with Crippen LogP contribution in [0.15, 0.2) is 54.6 Å². The minimum atomic E-state index is -3.77. The minimum absolute atomic E-state index is 0.100. The number of benzene rings is 2. The van der Waals surface area contributed by atoms with Crippen LogP contribution in [0, 0.1) is 10.1 Å². The molecule has 170 valence electrons. The third-order valence-corrected chi connectivity index (χ3v) is 7.36. The van der Waals surface area contributed by atoms with E-state index in [1.165, 1.54) is 31.2 Å². The van der Waals surface area contributed by atoms with Crippen molar-refractivity contribution in [1.82, 2.24) is 4.90 Å². The summed E-state index contributed by atoms with van der Waals surface area (Å²) in [6.07, 6.45) is -0.828. The number of rotatable bonds is 6. The fourth-order valence-corrected chi connectivity index (χ4v) is 4.46. The molecule has 0 aromatic heterocycles. The van der Waals surface area contributed by atoms with Crippen LogP contribution in [0.2, 0.25) is 0 Å². The Kier molecular flexibility index (Phi) is 6.49. The molecule has 2 atom stereocenters. The number of carbonyl (C=O) groups excluding carboxylic acids is 2. The molecule has 1 amide bonds. The van der Waals surface area contributed by atoms with E-state index in [-0.39, 0.29) is 25.3 Å². The second-order valence-electron chi connectivity index (χ2n) is 7.63. The first kappa shape index (κ1) is 23.2. The summed E-state index contributed by atoms with van der Waals surface area (Å²) in [5, 5.41) is 10.7. The van der Waals surface area contributed by atoms with Gasteiger partial charge < -0.3 is 9.47 Å². The van der Waals surface area contributed by atoms with Crippen molar-refractivity contribution < 1.29 is 32.4 Å². The molecule has 0 unspecified atom stereocenters. The maximum atomic E-state index is 12.7. The molecule has 1 heterocycles. The van der Waals surface area contributed by atoms with E-state index in [4.69, 9.17) is 9.47 Å². The van der Waals surface area contributed by atoms with Crippen molar-refractivity contribution in [3.05, 3.63) is 75.8 Å². The van der Waals surface area contributed by atoms with Crippen LogP contribution in [0.3, 0.4) is 0 Å². The summed E-state index contributed by atoms with van der Waals surface area (Å²) < 4.78 is 35.7. The van der Waals surface area contributed by atoms with Crippen molar-refractivity contribution in [2.75, 3.05) is 12.8 Å². The van der Waals surface area contributed by atoms with Gasteiger partial charge in [-0.3, -0.25) is 15.0 Å². The Morgan fingerprint density at radius 2 is 1.78 bits per heavy atom. The quantitative estimate of drug-likeness (QED) is 0.363. The number of nitro benzene ring substituents is 1. The third kappa shape index (κ3) is 4.88. The van der Waals surface area contributed by atoms with Gasteiger partial charge in [-0.25, -0.2) is 18.0 Å². The lowest BCUT2D eigenvalue weighted by molar-refractivity contribution is -0.384. The summed E-state index contributed by atoms with van der Waals surface area (Å²) in [6, 6.07) is 13.7. The number of sulfone groups is 1. The summed E-state index contributed by atoms with van der Waals surface area (Å²) in [5.74, 6) is -0.618. The van der Waals surface area contributed by atoms with Crippen LogP contribution >= 0.6 is 0 Å². The highest BCUT2D eigenvalue weighted by Crippen LogP contribution is 2.36. The molecule has 0 aliphatic carbocycles. The Balaban J connectivity index is 1.71. The number of hydrogen-bond donors (Lipinski definition) is 0. The molecular weight excluding hydrogens is 440 g/mol. The van der Waals surface area contributed by atoms with Gasteiger partial charge >= 0.3 is 12.1 Å². The van der Waals surface area contributed by atoms with Crippen molar-refractivity contribution in [2.24, 2.45) is 0 Å². The highest BCUT2D eigenvalue weighted by Gasteiger charge is 2.53. The average molecular weight is 462 g/mol. The summed E-state index contributed by atoms with van der Waals surface area (Å²) in [7, 11) is -3.77. The Morgan fingerprint density at radius 1 is 1.16 bits per heavy atom. The van der Waals surface area contributed by atoms with Crippen LogP contribution in [0.1, 0.15) is 29.3 Å². The summed E-state index contributed by atoms with van der Waals surface area (Å²) in [6.45, 7) is 1.02. The molecular formula is C21H22N2O8S. The Bertz CT molecular complexity index is 1120. The van der Waals surface area contributed by atoms with E-state index in [0.29, 0.717) is 11.1 Å². The van der Waals surface area contributed by atoms with Crippen LogP contribution in [-0.2, 0) is 25.9 Å². The van der Waals surface area contributed by atoms with Gasteiger partial charge in [0.25, 0.3) is 5.69 Å². The molecule has 10 nitrogen and oxygen atoms in total. The molecule has 11 heteroatoms. The summed E-state index contributed by atoms with van der Waals surface area (Å²) in [4.78, 5) is 34.7. The zero-order valence-electron chi connectivity index (χ0n) is 17.5. The van der Waals surface area contributed by atoms with Gasteiger partial charge in [0.1, 0.15) is 17.6 Å². The van der Waals surface area contributed by atoms with Gasteiger partial charge in [-0.2, -0.15) is 0 Å². The first-order chi connectivity index (χ1) is 15.0. The second-order valence-corrected chi connectivity index (χ2v) is 10.1. The number of hydrogen-bond acceptors (Lipinski definition) is 8. The predicted molar refractivity (Wildman–Crippen MR) is 113 cm³/mol. The van der Waals surface area contributed by atoms with Crippen LogP contribution in [0.25, 0.3) is 0 Å². The first-order valence-corrected chi connectivity index (χ1v) is 11.5. The molecule has 1 aliphatic heterocycles. The van der Waals surface area contributed by atoms with Crippen LogP contribution in [-0.4, -0.2) is 54.1 Å².